The molecule has 6 aromatic carbocycles. The second-order valence-corrected chi connectivity index (χ2v) is 17.8. The van der Waals surface area contributed by atoms with Crippen molar-refractivity contribution in [1.82, 2.24) is 14.5 Å². The molecule has 0 aliphatic carbocycles. The standard InChI is InChI=1S/C56H56N3O.Pt/c1-34(2)38-19-21-40(22-20-38)42-25-26-57-50(33-42)45-28-44(29-46(30-45)56(8,9)10)47-17-14-18-52-53(47)58-55(49-32-43(35(3)4)31-48(36(5)6)54(49)60)59(52)51-24-23-41(27-37(51)7)39-15-12-11-13-16-39;/h11-27,29-36,60H,1-10H3;/q-1;/i7D3,34D;. The first-order chi connectivity index (χ1) is 30.2. The molecule has 4 nitrogen and oxygen atoms in total. The van der Waals surface area contributed by atoms with Crippen LogP contribution in [0.4, 0.5) is 0 Å². The summed E-state index contributed by atoms with van der Waals surface area (Å²) in [6, 6.07) is 45.8. The molecule has 0 unspecified atom stereocenters. The fourth-order valence-corrected chi connectivity index (χ4v) is 7.95. The zero-order valence-electron chi connectivity index (χ0n) is 40.5. The van der Waals surface area contributed by atoms with Crippen LogP contribution in [-0.4, -0.2) is 19.6 Å². The summed E-state index contributed by atoms with van der Waals surface area (Å²) in [5.74, 6) is 0.0536. The summed E-state index contributed by atoms with van der Waals surface area (Å²) in [6.45, 7) is 16.3. The average molecular weight is 986 g/mol. The first-order valence-corrected chi connectivity index (χ1v) is 20.9. The largest absolute Gasteiger partial charge is 0.507 e. The SMILES string of the molecule is [2H]C([2H])([2H])c1cc(-c2ccccc2)ccc1-n1c(-c2cc(C(C)C)cc(C(C)C)c2O)nc2c(-c3[c-]c(-c4cc(-c5ccc(C([2H])(C)C)cc5)ccn4)cc(C(C)(C)C)c3)cccc21.[Pt]. The normalized spacial score (nSPS) is 13.2. The van der Waals surface area contributed by atoms with E-state index in [1.807, 2.05) is 110 Å². The second kappa shape index (κ2) is 17.4. The van der Waals surface area contributed by atoms with E-state index in [4.69, 9.17) is 15.5 Å². The topological polar surface area (TPSA) is 50.9 Å². The second-order valence-electron chi connectivity index (χ2n) is 17.8. The maximum Gasteiger partial charge on any atom is 0.148 e. The monoisotopic (exact) mass is 985 g/mol. The van der Waals surface area contributed by atoms with E-state index < -0.39 is 12.7 Å². The minimum atomic E-state index is -2.48. The van der Waals surface area contributed by atoms with E-state index in [0.717, 1.165) is 66.9 Å². The van der Waals surface area contributed by atoms with Gasteiger partial charge in [0.1, 0.15) is 11.6 Å². The smallest absolute Gasteiger partial charge is 0.148 e. The number of imidazole rings is 1. The molecule has 2 heterocycles. The molecule has 0 amide bonds. The molecular weight excluding hydrogens is 926 g/mol. The third-order valence-corrected chi connectivity index (χ3v) is 11.6. The minimum absolute atomic E-state index is 0. The quantitative estimate of drug-likeness (QED) is 0.147. The average Bonchev–Trinajstić information content (AvgIpc) is 3.65. The molecule has 0 radical (unpaired) electrons. The number of aromatic nitrogens is 3. The molecule has 1 N–H and O–H groups in total. The number of aromatic hydroxyl groups is 1. The van der Waals surface area contributed by atoms with Crippen molar-refractivity contribution in [2.45, 2.75) is 92.3 Å². The number of para-hydroxylation sites is 1. The fourth-order valence-electron chi connectivity index (χ4n) is 7.95. The van der Waals surface area contributed by atoms with Crippen LogP contribution in [0.25, 0.3) is 72.7 Å². The molecule has 5 heteroatoms. The number of fused-ring (bicyclic) bond motifs is 1. The molecule has 0 saturated carbocycles. The molecule has 0 saturated heterocycles. The molecule has 0 bridgehead atoms. The number of phenols is 1. The molecule has 61 heavy (non-hydrogen) atoms. The fraction of sp³-hybridized carbons (Fsp3) is 0.250. The molecule has 8 aromatic rings. The summed E-state index contributed by atoms with van der Waals surface area (Å²) in [5, 5.41) is 12.2. The van der Waals surface area contributed by atoms with Crippen LogP contribution in [0, 0.1) is 12.9 Å². The molecule has 312 valence electrons. The van der Waals surface area contributed by atoms with Gasteiger partial charge in [0.25, 0.3) is 0 Å². The zero-order valence-corrected chi connectivity index (χ0v) is 38.7. The van der Waals surface area contributed by atoms with Gasteiger partial charge in [0.2, 0.25) is 0 Å². The van der Waals surface area contributed by atoms with Crippen LogP contribution >= 0.6 is 0 Å². The number of phenolic OH excluding ortho intramolecular Hbond substituents is 1. The van der Waals surface area contributed by atoms with Gasteiger partial charge in [-0.25, -0.2) is 4.98 Å². The van der Waals surface area contributed by atoms with Crippen LogP contribution in [0.3, 0.4) is 0 Å². The van der Waals surface area contributed by atoms with Crippen LogP contribution < -0.4 is 0 Å². The molecular formula is C56H56N3OPt-. The van der Waals surface area contributed by atoms with E-state index in [1.165, 1.54) is 0 Å². The number of benzene rings is 6. The summed E-state index contributed by atoms with van der Waals surface area (Å²) in [4.78, 5) is 10.3. The number of nitrogens with zero attached hydrogens (tertiary/aromatic N) is 3. The molecule has 0 aliphatic heterocycles. The Morgan fingerprint density at radius 3 is 2.03 bits per heavy atom. The molecule has 0 aliphatic rings. The minimum Gasteiger partial charge on any atom is -0.507 e. The maximum absolute atomic E-state index is 12.2. The van der Waals surface area contributed by atoms with Gasteiger partial charge in [-0.15, -0.1) is 29.3 Å². The summed E-state index contributed by atoms with van der Waals surface area (Å²) in [5.41, 5.74) is 13.1. The van der Waals surface area contributed by atoms with Crippen LogP contribution in [-0.2, 0) is 26.5 Å². The number of hydrogen-bond acceptors (Lipinski definition) is 3. The van der Waals surface area contributed by atoms with E-state index in [9.17, 15) is 5.11 Å². The van der Waals surface area contributed by atoms with Crippen molar-refractivity contribution in [3.8, 4) is 67.5 Å². The van der Waals surface area contributed by atoms with Crippen LogP contribution in [0.15, 0.2) is 134 Å². The molecule has 8 rings (SSSR count). The Morgan fingerprint density at radius 2 is 1.36 bits per heavy atom. The van der Waals surface area contributed by atoms with Gasteiger partial charge in [-0.05, 0) is 105 Å². The van der Waals surface area contributed by atoms with Crippen molar-refractivity contribution < 1.29 is 31.7 Å². The summed E-state index contributed by atoms with van der Waals surface area (Å²) < 4.78 is 37.0. The molecule has 0 fully saturated rings. The van der Waals surface area contributed by atoms with E-state index in [-0.39, 0.29) is 49.6 Å². The van der Waals surface area contributed by atoms with Gasteiger partial charge in [-0.1, -0.05) is 158 Å². The zero-order chi connectivity index (χ0) is 45.9. The van der Waals surface area contributed by atoms with Gasteiger partial charge >= 0.3 is 0 Å². The first kappa shape index (κ1) is 38.4. The van der Waals surface area contributed by atoms with Crippen molar-refractivity contribution in [3.63, 3.8) is 0 Å². The third kappa shape index (κ3) is 8.66. The Hall–Kier alpha value is -5.57. The Balaban J connectivity index is 0.00000630. The summed E-state index contributed by atoms with van der Waals surface area (Å²) in [7, 11) is 0. The van der Waals surface area contributed by atoms with E-state index in [0.29, 0.717) is 28.1 Å². The molecule has 2 aromatic heterocycles. The molecule has 0 spiro atoms. The van der Waals surface area contributed by atoms with Gasteiger partial charge in [0.15, 0.2) is 0 Å². The van der Waals surface area contributed by atoms with Crippen molar-refractivity contribution in [2.24, 2.45) is 0 Å². The van der Waals surface area contributed by atoms with Crippen molar-refractivity contribution in [1.29, 1.82) is 0 Å². The van der Waals surface area contributed by atoms with Crippen molar-refractivity contribution >= 4 is 11.0 Å². The van der Waals surface area contributed by atoms with Crippen molar-refractivity contribution in [3.05, 3.63) is 167 Å². The Bertz CT molecular complexity index is 3010. The van der Waals surface area contributed by atoms with Crippen molar-refractivity contribution in [2.75, 3.05) is 0 Å². The molecule has 0 atom stereocenters. The van der Waals surface area contributed by atoms with E-state index in [2.05, 4.69) is 90.9 Å². The summed E-state index contributed by atoms with van der Waals surface area (Å²) in [6.07, 6.45) is 1.83. The van der Waals surface area contributed by atoms with Gasteiger partial charge in [-0.3, -0.25) is 9.55 Å². The van der Waals surface area contributed by atoms with Gasteiger partial charge < -0.3 is 5.11 Å². The number of pyridine rings is 1. The van der Waals surface area contributed by atoms with Gasteiger partial charge in [-0.2, -0.15) is 0 Å². The predicted octanol–water partition coefficient (Wildman–Crippen LogP) is 15.2. The van der Waals surface area contributed by atoms with Crippen LogP contribution in [0.5, 0.6) is 5.75 Å². The van der Waals surface area contributed by atoms with E-state index >= 15 is 0 Å². The predicted molar refractivity (Wildman–Crippen MR) is 252 cm³/mol. The van der Waals surface area contributed by atoms with Crippen LogP contribution in [0.2, 0.25) is 0 Å². The van der Waals surface area contributed by atoms with Crippen LogP contribution in [0.1, 0.15) is 113 Å². The summed E-state index contributed by atoms with van der Waals surface area (Å²) >= 11 is 0. The number of rotatable bonds is 9. The third-order valence-electron chi connectivity index (χ3n) is 11.6. The Labute approximate surface area is 382 Å². The number of hydrogen-bond donors (Lipinski definition) is 1. The Kier molecular flexibility index (Phi) is 11.0. The number of aryl methyl sites for hydroxylation is 1. The maximum atomic E-state index is 12.2. The van der Waals surface area contributed by atoms with Gasteiger partial charge in [0, 0.05) is 38.4 Å². The van der Waals surface area contributed by atoms with Gasteiger partial charge in [0.05, 0.1) is 22.3 Å². The first-order valence-electron chi connectivity index (χ1n) is 22.9. The Morgan fingerprint density at radius 1 is 0.672 bits per heavy atom. The van der Waals surface area contributed by atoms with E-state index in [1.54, 1.807) is 6.07 Å².